The molecule has 0 bridgehead atoms. The molecule has 3 nitrogen and oxygen atoms in total. The molecule has 0 fully saturated rings. The summed E-state index contributed by atoms with van der Waals surface area (Å²) in [5, 5.41) is 3.22. The lowest BCUT2D eigenvalue weighted by atomic mass is 10.3. The van der Waals surface area contributed by atoms with Crippen molar-refractivity contribution in [1.82, 2.24) is 0 Å². The first kappa shape index (κ1) is 11.3. The summed E-state index contributed by atoms with van der Waals surface area (Å²) in [6.07, 6.45) is 1.96. The molecule has 0 atom stereocenters. The van der Waals surface area contributed by atoms with Crippen molar-refractivity contribution in [3.63, 3.8) is 0 Å². The third kappa shape index (κ3) is 4.86. The lowest BCUT2D eigenvalue weighted by Gasteiger charge is -2.05. The Hall–Kier alpha value is -1.77. The lowest BCUT2D eigenvalue weighted by molar-refractivity contribution is -0.137. The molecule has 0 heterocycles. The Kier molecular flexibility index (Phi) is 5.01. The van der Waals surface area contributed by atoms with Crippen LogP contribution < -0.4 is 5.32 Å². The van der Waals surface area contributed by atoms with E-state index in [1.165, 1.54) is 6.08 Å². The molecule has 1 aromatic rings. The van der Waals surface area contributed by atoms with Crippen molar-refractivity contribution < 1.29 is 9.53 Å². The molecule has 0 aliphatic carbocycles. The van der Waals surface area contributed by atoms with E-state index in [-0.39, 0.29) is 5.97 Å². The zero-order valence-corrected chi connectivity index (χ0v) is 8.61. The average Bonchev–Trinajstić information content (AvgIpc) is 2.29. The molecule has 1 aromatic carbocycles. The van der Waals surface area contributed by atoms with Gasteiger partial charge in [0.2, 0.25) is 0 Å². The van der Waals surface area contributed by atoms with E-state index in [1.807, 2.05) is 30.3 Å². The molecule has 0 aliphatic heterocycles. The van der Waals surface area contributed by atoms with Gasteiger partial charge in [-0.25, -0.2) is 4.79 Å². The van der Waals surface area contributed by atoms with Gasteiger partial charge in [-0.2, -0.15) is 0 Å². The molecular weight excluding hydrogens is 190 g/mol. The Balaban J connectivity index is 2.07. The van der Waals surface area contributed by atoms with E-state index in [9.17, 15) is 4.79 Å². The van der Waals surface area contributed by atoms with Gasteiger partial charge in [0.25, 0.3) is 0 Å². The number of carbonyl (C=O) groups is 1. The number of benzene rings is 1. The molecule has 0 radical (unpaired) electrons. The second-order valence-electron chi connectivity index (χ2n) is 3.02. The summed E-state index contributed by atoms with van der Waals surface area (Å²) in [6.45, 7) is 4.52. The van der Waals surface area contributed by atoms with Gasteiger partial charge in [0.05, 0.1) is 6.61 Å². The first-order chi connectivity index (χ1) is 7.33. The van der Waals surface area contributed by atoms with Crippen molar-refractivity contribution in [3.8, 4) is 0 Å². The van der Waals surface area contributed by atoms with Gasteiger partial charge >= 0.3 is 5.97 Å². The number of hydrogen-bond donors (Lipinski definition) is 1. The van der Waals surface area contributed by atoms with Crippen molar-refractivity contribution in [2.24, 2.45) is 0 Å². The second-order valence-corrected chi connectivity index (χ2v) is 3.02. The van der Waals surface area contributed by atoms with Crippen LogP contribution in [0.3, 0.4) is 0 Å². The monoisotopic (exact) mass is 205 g/mol. The Morgan fingerprint density at radius 1 is 1.40 bits per heavy atom. The summed E-state index contributed by atoms with van der Waals surface area (Å²) in [4.78, 5) is 10.7. The standard InChI is InChI=1S/C12H15NO2/c1-2-12(14)15-10-6-9-13-11-7-4-3-5-8-11/h2-5,7-8,13H,1,6,9-10H2. The van der Waals surface area contributed by atoms with E-state index in [1.54, 1.807) is 0 Å². The molecule has 0 aliphatic rings. The largest absolute Gasteiger partial charge is 0.462 e. The van der Waals surface area contributed by atoms with Crippen LogP contribution in [0, 0.1) is 0 Å². The molecular formula is C12H15NO2. The van der Waals surface area contributed by atoms with E-state index in [4.69, 9.17) is 4.74 Å². The van der Waals surface area contributed by atoms with Gasteiger partial charge in [0.1, 0.15) is 0 Å². The van der Waals surface area contributed by atoms with Crippen LogP contribution in [-0.4, -0.2) is 19.1 Å². The van der Waals surface area contributed by atoms with Gasteiger partial charge in [-0.3, -0.25) is 0 Å². The third-order valence-corrected chi connectivity index (χ3v) is 1.84. The maximum Gasteiger partial charge on any atom is 0.330 e. The van der Waals surface area contributed by atoms with Crippen LogP contribution in [0.5, 0.6) is 0 Å². The van der Waals surface area contributed by atoms with Crippen molar-refractivity contribution in [1.29, 1.82) is 0 Å². The van der Waals surface area contributed by atoms with Crippen LogP contribution in [0.2, 0.25) is 0 Å². The zero-order chi connectivity index (χ0) is 10.9. The molecule has 1 rings (SSSR count). The number of rotatable bonds is 6. The molecule has 0 saturated carbocycles. The SMILES string of the molecule is C=CC(=O)OCCCNc1ccccc1. The lowest BCUT2D eigenvalue weighted by Crippen LogP contribution is -2.08. The van der Waals surface area contributed by atoms with Crippen LogP contribution in [0.1, 0.15) is 6.42 Å². The average molecular weight is 205 g/mol. The van der Waals surface area contributed by atoms with Gasteiger partial charge < -0.3 is 10.1 Å². The van der Waals surface area contributed by atoms with Crippen molar-refractivity contribution in [3.05, 3.63) is 43.0 Å². The highest BCUT2D eigenvalue weighted by Gasteiger charge is 1.94. The van der Waals surface area contributed by atoms with Crippen LogP contribution in [0.25, 0.3) is 0 Å². The molecule has 1 N–H and O–H groups in total. The van der Waals surface area contributed by atoms with Crippen molar-refractivity contribution in [2.75, 3.05) is 18.5 Å². The number of esters is 1. The minimum Gasteiger partial charge on any atom is -0.462 e. The van der Waals surface area contributed by atoms with Crippen LogP contribution in [-0.2, 0) is 9.53 Å². The van der Waals surface area contributed by atoms with Crippen molar-refractivity contribution >= 4 is 11.7 Å². The highest BCUT2D eigenvalue weighted by atomic mass is 16.5. The number of ether oxygens (including phenoxy) is 1. The molecule has 3 heteroatoms. The first-order valence-corrected chi connectivity index (χ1v) is 4.91. The number of carbonyl (C=O) groups excluding carboxylic acids is 1. The van der Waals surface area contributed by atoms with E-state index in [0.717, 1.165) is 18.7 Å². The number of hydrogen-bond acceptors (Lipinski definition) is 3. The van der Waals surface area contributed by atoms with Gasteiger partial charge in [0.15, 0.2) is 0 Å². The topological polar surface area (TPSA) is 38.3 Å². The summed E-state index contributed by atoms with van der Waals surface area (Å²) < 4.78 is 4.83. The normalized spacial score (nSPS) is 9.33. The molecule has 15 heavy (non-hydrogen) atoms. The molecule has 0 amide bonds. The Labute approximate surface area is 89.8 Å². The van der Waals surface area contributed by atoms with Crippen molar-refractivity contribution in [2.45, 2.75) is 6.42 Å². The summed E-state index contributed by atoms with van der Waals surface area (Å²) in [5.74, 6) is -0.366. The highest BCUT2D eigenvalue weighted by Crippen LogP contribution is 2.04. The molecule has 0 aromatic heterocycles. The summed E-state index contributed by atoms with van der Waals surface area (Å²) in [6, 6.07) is 9.91. The molecule has 0 spiro atoms. The van der Waals surface area contributed by atoms with E-state index in [2.05, 4.69) is 11.9 Å². The van der Waals surface area contributed by atoms with Crippen LogP contribution in [0.4, 0.5) is 5.69 Å². The third-order valence-electron chi connectivity index (χ3n) is 1.84. The molecule has 80 valence electrons. The van der Waals surface area contributed by atoms with Crippen LogP contribution >= 0.6 is 0 Å². The first-order valence-electron chi connectivity index (χ1n) is 4.91. The Morgan fingerprint density at radius 2 is 2.13 bits per heavy atom. The van der Waals surface area contributed by atoms with Gasteiger partial charge in [0, 0.05) is 18.3 Å². The summed E-state index contributed by atoms with van der Waals surface area (Å²) in [5.41, 5.74) is 1.08. The number of nitrogens with one attached hydrogen (secondary N) is 1. The van der Waals surface area contributed by atoms with Crippen LogP contribution in [0.15, 0.2) is 43.0 Å². The second kappa shape index (κ2) is 6.65. The van der Waals surface area contributed by atoms with Gasteiger partial charge in [-0.1, -0.05) is 24.8 Å². The van der Waals surface area contributed by atoms with Gasteiger partial charge in [-0.15, -0.1) is 0 Å². The zero-order valence-electron chi connectivity index (χ0n) is 8.61. The van der Waals surface area contributed by atoms with E-state index < -0.39 is 0 Å². The summed E-state index contributed by atoms with van der Waals surface area (Å²) in [7, 11) is 0. The maximum absolute atomic E-state index is 10.7. The predicted molar refractivity (Wildman–Crippen MR) is 60.7 cm³/mol. The van der Waals surface area contributed by atoms with Gasteiger partial charge in [-0.05, 0) is 18.6 Å². The molecule has 0 unspecified atom stereocenters. The number of para-hydroxylation sites is 1. The Morgan fingerprint density at radius 3 is 2.80 bits per heavy atom. The van der Waals surface area contributed by atoms with E-state index in [0.29, 0.717) is 6.61 Å². The predicted octanol–water partition coefficient (Wildman–Crippen LogP) is 2.22. The minimum atomic E-state index is -0.366. The minimum absolute atomic E-state index is 0.366. The Bertz CT molecular complexity index is 309. The fourth-order valence-electron chi connectivity index (χ4n) is 1.09. The smallest absolute Gasteiger partial charge is 0.330 e. The highest BCUT2D eigenvalue weighted by molar-refractivity contribution is 5.81. The summed E-state index contributed by atoms with van der Waals surface area (Å²) >= 11 is 0. The fraction of sp³-hybridized carbons (Fsp3) is 0.250. The fourth-order valence-corrected chi connectivity index (χ4v) is 1.09. The quantitative estimate of drug-likeness (QED) is 0.439. The molecule has 0 saturated heterocycles. The van der Waals surface area contributed by atoms with E-state index >= 15 is 0 Å². The maximum atomic E-state index is 10.7. The number of anilines is 1.